The second kappa shape index (κ2) is 3.48. The average Bonchev–Trinajstić information content (AvgIpc) is 1.99. The van der Waals surface area contributed by atoms with Gasteiger partial charge in [0, 0.05) is 23.7 Å². The van der Waals surface area contributed by atoms with Crippen LogP contribution in [0.15, 0.2) is 23.8 Å². The van der Waals surface area contributed by atoms with Crippen LogP contribution in [0, 0.1) is 5.82 Å². The van der Waals surface area contributed by atoms with E-state index in [0.717, 1.165) is 13.1 Å². The van der Waals surface area contributed by atoms with Gasteiger partial charge < -0.3 is 5.32 Å². The summed E-state index contributed by atoms with van der Waals surface area (Å²) in [7, 11) is 0. The number of halogens is 2. The van der Waals surface area contributed by atoms with Gasteiger partial charge in [-0.05, 0) is 17.7 Å². The molecule has 0 aromatic heterocycles. The molecule has 1 N–H and O–H groups in total. The number of hydrogen-bond acceptors (Lipinski definition) is 1. The zero-order valence-electron chi connectivity index (χ0n) is 6.98. The summed E-state index contributed by atoms with van der Waals surface area (Å²) >= 11 is 5.63. The van der Waals surface area contributed by atoms with Crippen LogP contribution in [-0.4, -0.2) is 13.1 Å². The Morgan fingerprint density at radius 2 is 2.15 bits per heavy atom. The van der Waals surface area contributed by atoms with Gasteiger partial charge in [-0.25, -0.2) is 4.39 Å². The Hall–Kier alpha value is -0.860. The zero-order chi connectivity index (χ0) is 9.26. The first kappa shape index (κ1) is 8.73. The van der Waals surface area contributed by atoms with Gasteiger partial charge in [0.05, 0.1) is 0 Å². The number of nitrogens with one attached hydrogen (secondary N) is 1. The SMILES string of the molecule is Fc1cc(Cl)ccc1C=C1CNC1. The van der Waals surface area contributed by atoms with Crippen LogP contribution in [0.4, 0.5) is 4.39 Å². The lowest BCUT2D eigenvalue weighted by Crippen LogP contribution is -2.33. The Morgan fingerprint density at radius 3 is 2.69 bits per heavy atom. The van der Waals surface area contributed by atoms with E-state index in [-0.39, 0.29) is 5.82 Å². The Balaban J connectivity index is 2.29. The second-order valence-corrected chi connectivity index (χ2v) is 3.51. The molecule has 1 fully saturated rings. The highest BCUT2D eigenvalue weighted by Crippen LogP contribution is 2.18. The Kier molecular flexibility index (Phi) is 2.34. The van der Waals surface area contributed by atoms with Crippen molar-refractivity contribution in [3.05, 3.63) is 40.2 Å². The van der Waals surface area contributed by atoms with Gasteiger partial charge in [0.25, 0.3) is 0 Å². The monoisotopic (exact) mass is 197 g/mol. The third kappa shape index (κ3) is 1.90. The van der Waals surface area contributed by atoms with Gasteiger partial charge in [-0.2, -0.15) is 0 Å². The first-order valence-corrected chi connectivity index (χ1v) is 4.49. The van der Waals surface area contributed by atoms with Crippen molar-refractivity contribution in [2.75, 3.05) is 13.1 Å². The zero-order valence-corrected chi connectivity index (χ0v) is 7.74. The number of rotatable bonds is 1. The molecular formula is C10H9ClFN. The minimum absolute atomic E-state index is 0.257. The molecule has 1 saturated heterocycles. The lowest BCUT2D eigenvalue weighted by molar-refractivity contribution is 0.623. The predicted octanol–water partition coefficient (Wildman–Crippen LogP) is 2.47. The smallest absolute Gasteiger partial charge is 0.131 e. The summed E-state index contributed by atoms with van der Waals surface area (Å²) in [6, 6.07) is 4.73. The van der Waals surface area contributed by atoms with Crippen LogP contribution >= 0.6 is 11.6 Å². The van der Waals surface area contributed by atoms with Gasteiger partial charge in [0.15, 0.2) is 0 Å². The molecule has 0 amide bonds. The molecule has 0 atom stereocenters. The van der Waals surface area contributed by atoms with Crippen molar-refractivity contribution in [2.45, 2.75) is 0 Å². The summed E-state index contributed by atoms with van der Waals surface area (Å²) in [5.74, 6) is -0.257. The molecule has 1 aliphatic heterocycles. The van der Waals surface area contributed by atoms with E-state index >= 15 is 0 Å². The number of hydrogen-bond donors (Lipinski definition) is 1. The van der Waals surface area contributed by atoms with Crippen molar-refractivity contribution in [2.24, 2.45) is 0 Å². The molecule has 1 nitrogen and oxygen atoms in total. The minimum atomic E-state index is -0.257. The molecule has 0 radical (unpaired) electrons. The molecule has 3 heteroatoms. The van der Waals surface area contributed by atoms with Gasteiger partial charge in [0.1, 0.15) is 5.82 Å². The van der Waals surface area contributed by atoms with E-state index < -0.39 is 0 Å². The third-order valence-electron chi connectivity index (χ3n) is 2.03. The van der Waals surface area contributed by atoms with E-state index in [0.29, 0.717) is 10.6 Å². The van der Waals surface area contributed by atoms with Crippen molar-refractivity contribution in [3.63, 3.8) is 0 Å². The highest BCUT2D eigenvalue weighted by atomic mass is 35.5. The van der Waals surface area contributed by atoms with E-state index in [9.17, 15) is 4.39 Å². The molecule has 1 aliphatic rings. The highest BCUT2D eigenvalue weighted by Gasteiger charge is 2.08. The molecule has 0 bridgehead atoms. The molecule has 1 aromatic rings. The van der Waals surface area contributed by atoms with Crippen molar-refractivity contribution < 1.29 is 4.39 Å². The molecule has 1 aromatic carbocycles. The first-order chi connectivity index (χ1) is 6.25. The molecule has 0 aliphatic carbocycles. The van der Waals surface area contributed by atoms with E-state index in [2.05, 4.69) is 5.32 Å². The summed E-state index contributed by atoms with van der Waals surface area (Å²) in [5, 5.41) is 3.53. The molecule has 1 heterocycles. The minimum Gasteiger partial charge on any atom is -0.309 e. The maximum absolute atomic E-state index is 13.2. The maximum atomic E-state index is 13.2. The fraction of sp³-hybridized carbons (Fsp3) is 0.200. The van der Waals surface area contributed by atoms with Crippen LogP contribution in [0.3, 0.4) is 0 Å². The van der Waals surface area contributed by atoms with Crippen LogP contribution < -0.4 is 5.32 Å². The van der Waals surface area contributed by atoms with Crippen molar-refractivity contribution in [1.82, 2.24) is 5.32 Å². The lowest BCUT2D eigenvalue weighted by Gasteiger charge is -2.18. The predicted molar refractivity (Wildman–Crippen MR) is 52.3 cm³/mol. The second-order valence-electron chi connectivity index (χ2n) is 3.07. The first-order valence-electron chi connectivity index (χ1n) is 4.11. The summed E-state index contributed by atoms with van der Waals surface area (Å²) < 4.78 is 13.2. The molecule has 0 unspecified atom stereocenters. The Bertz CT molecular complexity index is 354. The van der Waals surface area contributed by atoms with Gasteiger partial charge in [-0.1, -0.05) is 23.7 Å². The summed E-state index contributed by atoms with van der Waals surface area (Å²) in [5.41, 5.74) is 1.84. The van der Waals surface area contributed by atoms with Crippen LogP contribution in [-0.2, 0) is 0 Å². The summed E-state index contributed by atoms with van der Waals surface area (Å²) in [6.45, 7) is 1.73. The summed E-state index contributed by atoms with van der Waals surface area (Å²) in [6.07, 6.45) is 1.86. The normalized spacial score (nSPS) is 15.4. The molecular weight excluding hydrogens is 189 g/mol. The Morgan fingerprint density at radius 1 is 1.38 bits per heavy atom. The van der Waals surface area contributed by atoms with E-state index in [4.69, 9.17) is 11.6 Å². The van der Waals surface area contributed by atoms with E-state index in [1.54, 1.807) is 12.1 Å². The molecule has 0 saturated carbocycles. The molecule has 0 spiro atoms. The third-order valence-corrected chi connectivity index (χ3v) is 2.26. The van der Waals surface area contributed by atoms with Crippen LogP contribution in [0.1, 0.15) is 5.56 Å². The largest absolute Gasteiger partial charge is 0.309 e. The van der Waals surface area contributed by atoms with E-state index in [1.807, 2.05) is 6.08 Å². The molecule has 13 heavy (non-hydrogen) atoms. The van der Waals surface area contributed by atoms with Gasteiger partial charge in [-0.15, -0.1) is 0 Å². The fourth-order valence-corrected chi connectivity index (χ4v) is 1.37. The summed E-state index contributed by atoms with van der Waals surface area (Å²) in [4.78, 5) is 0. The highest BCUT2D eigenvalue weighted by molar-refractivity contribution is 6.30. The van der Waals surface area contributed by atoms with Crippen molar-refractivity contribution in [1.29, 1.82) is 0 Å². The quantitative estimate of drug-likeness (QED) is 0.730. The van der Waals surface area contributed by atoms with Crippen LogP contribution in [0.2, 0.25) is 5.02 Å². The van der Waals surface area contributed by atoms with Crippen LogP contribution in [0.5, 0.6) is 0 Å². The topological polar surface area (TPSA) is 12.0 Å². The van der Waals surface area contributed by atoms with Crippen molar-refractivity contribution in [3.8, 4) is 0 Å². The average molecular weight is 198 g/mol. The van der Waals surface area contributed by atoms with Gasteiger partial charge in [-0.3, -0.25) is 0 Å². The Labute approximate surface area is 81.2 Å². The van der Waals surface area contributed by atoms with Gasteiger partial charge in [0.2, 0.25) is 0 Å². The molecule has 68 valence electrons. The number of benzene rings is 1. The van der Waals surface area contributed by atoms with Crippen LogP contribution in [0.25, 0.3) is 6.08 Å². The maximum Gasteiger partial charge on any atom is 0.131 e. The molecule has 2 rings (SSSR count). The fourth-order valence-electron chi connectivity index (χ4n) is 1.21. The van der Waals surface area contributed by atoms with Crippen molar-refractivity contribution >= 4 is 17.7 Å². The van der Waals surface area contributed by atoms with Gasteiger partial charge >= 0.3 is 0 Å². The lowest BCUT2D eigenvalue weighted by atomic mass is 10.1. The van der Waals surface area contributed by atoms with E-state index in [1.165, 1.54) is 11.6 Å². The standard InChI is InChI=1S/C10H9ClFN/c11-9-2-1-8(10(12)4-9)3-7-5-13-6-7/h1-4,13H,5-6H2.